The van der Waals surface area contributed by atoms with E-state index in [1.807, 2.05) is 0 Å². The molecule has 292 valence electrons. The highest BCUT2D eigenvalue weighted by Crippen LogP contribution is 2.63. The summed E-state index contributed by atoms with van der Waals surface area (Å²) in [5, 5.41) is 9.71. The molecule has 5 nitrogen and oxygen atoms in total. The number of aliphatic imine (C=N–C) groups is 1. The number of nitrogens with one attached hydrogen (secondary N) is 2. The van der Waals surface area contributed by atoms with Crippen molar-refractivity contribution in [3.8, 4) is 0 Å². The first-order valence-electron chi connectivity index (χ1n) is 21.2. The van der Waals surface area contributed by atoms with Gasteiger partial charge in [0.05, 0.1) is 30.7 Å². The van der Waals surface area contributed by atoms with E-state index >= 15 is 0 Å². The van der Waals surface area contributed by atoms with Crippen molar-refractivity contribution in [1.82, 2.24) is 10.2 Å². The Labute approximate surface area is 329 Å². The van der Waals surface area contributed by atoms with Gasteiger partial charge >= 0.3 is 0 Å². The Kier molecular flexibility index (Phi) is 18.5. The second-order valence-electron chi connectivity index (χ2n) is 16.2. The third kappa shape index (κ3) is 13.3. The predicted molar refractivity (Wildman–Crippen MR) is 229 cm³/mol. The van der Waals surface area contributed by atoms with E-state index < -0.39 is 13.3 Å². The molecule has 3 aromatic carbocycles. The second-order valence-corrected chi connectivity index (χ2v) is 20.5. The number of fused-ring (bicyclic) bond motifs is 1. The van der Waals surface area contributed by atoms with Crippen LogP contribution in [0.3, 0.4) is 0 Å². The summed E-state index contributed by atoms with van der Waals surface area (Å²) in [6, 6.07) is 24.4. The number of amides is 1. The molecule has 1 amide bonds. The molecule has 2 aliphatic carbocycles. The number of hydrogen-bond acceptors (Lipinski definition) is 2. The lowest BCUT2D eigenvalue weighted by atomic mass is 9.95. The molecular formula is C46H70ClN4OP. The maximum Gasteiger partial charge on any atom is 0.247 e. The van der Waals surface area contributed by atoms with Crippen molar-refractivity contribution >= 4 is 35.6 Å². The number of unbranched alkanes of at least 4 members (excludes halogenated alkanes) is 3. The zero-order valence-corrected chi connectivity index (χ0v) is 35.2. The van der Waals surface area contributed by atoms with Gasteiger partial charge in [0, 0.05) is 32.5 Å². The maximum absolute atomic E-state index is 14.5. The lowest BCUT2D eigenvalue weighted by Gasteiger charge is -2.35. The van der Waals surface area contributed by atoms with E-state index in [4.69, 9.17) is 4.99 Å². The molecule has 3 aromatic rings. The Morgan fingerprint density at radius 3 is 1.92 bits per heavy atom. The van der Waals surface area contributed by atoms with Crippen molar-refractivity contribution in [3.05, 3.63) is 77.9 Å². The van der Waals surface area contributed by atoms with E-state index in [0.29, 0.717) is 18.5 Å². The smallest absolute Gasteiger partial charge is 0.247 e. The van der Waals surface area contributed by atoms with Gasteiger partial charge in [0.2, 0.25) is 5.91 Å². The Morgan fingerprint density at radius 1 is 0.755 bits per heavy atom. The molecular weight excluding hydrogens is 691 g/mol. The molecule has 0 heterocycles. The first-order chi connectivity index (χ1) is 25.4. The SMILES string of the molecule is CCCC[P+](CCCC)(CCCC)Cc1ccc(NC(=O)C(Cc2ccc3ccccc3c2)N(C)C(=NC2CCCCC2)NC2CCCCC2)cc1.[Cl-]. The highest BCUT2D eigenvalue weighted by molar-refractivity contribution is 7.75. The van der Waals surface area contributed by atoms with Gasteiger partial charge in [-0.05, 0) is 79.0 Å². The summed E-state index contributed by atoms with van der Waals surface area (Å²) in [6.07, 6.45) is 26.2. The van der Waals surface area contributed by atoms with Crippen molar-refractivity contribution in [2.75, 3.05) is 30.9 Å². The van der Waals surface area contributed by atoms with Gasteiger partial charge in [-0.15, -0.1) is 0 Å². The van der Waals surface area contributed by atoms with Crippen LogP contribution in [0.15, 0.2) is 71.7 Å². The fourth-order valence-corrected chi connectivity index (χ4v) is 13.6. The number of rotatable bonds is 18. The van der Waals surface area contributed by atoms with Crippen LogP contribution < -0.4 is 23.0 Å². The molecule has 1 atom stereocenters. The van der Waals surface area contributed by atoms with Crippen LogP contribution in [0.25, 0.3) is 10.8 Å². The standard InChI is InChI=1S/C46H69N4OP.ClH/c1-5-8-31-52(32-9-6-2,33-10-7-3)36-37-26-29-43(30-27-37)47-45(51)44(35-38-25-28-39-19-17-18-20-40(39)34-38)50(4)46(48-41-21-13-11-14-22-41)49-42-23-15-12-16-24-42;/h17-20,25-30,34,41-42,44H,5-16,21-24,31-33,35-36H2,1-4H3,(H-,47,48,49,51);1H. The van der Waals surface area contributed by atoms with Gasteiger partial charge in [-0.2, -0.15) is 0 Å². The molecule has 2 aliphatic rings. The fraction of sp³-hybridized carbons (Fsp3) is 0.609. The minimum atomic E-state index is -1.05. The summed E-state index contributed by atoms with van der Waals surface area (Å²) in [4.78, 5) is 22.1. The van der Waals surface area contributed by atoms with Gasteiger partial charge in [0.25, 0.3) is 0 Å². The quantitative estimate of drug-likeness (QED) is 0.0775. The van der Waals surface area contributed by atoms with Crippen molar-refractivity contribution in [2.45, 2.75) is 154 Å². The van der Waals surface area contributed by atoms with Crippen molar-refractivity contribution in [3.63, 3.8) is 0 Å². The number of anilines is 1. The van der Waals surface area contributed by atoms with Crippen LogP contribution in [0.4, 0.5) is 5.69 Å². The summed E-state index contributed by atoms with van der Waals surface area (Å²) < 4.78 is 0. The Bertz CT molecular complexity index is 1510. The summed E-state index contributed by atoms with van der Waals surface area (Å²) >= 11 is 0. The summed E-state index contributed by atoms with van der Waals surface area (Å²) in [6.45, 7) is 7.02. The van der Waals surface area contributed by atoms with Crippen molar-refractivity contribution in [1.29, 1.82) is 0 Å². The van der Waals surface area contributed by atoms with Crippen LogP contribution in [-0.2, 0) is 17.4 Å². The van der Waals surface area contributed by atoms with Gasteiger partial charge in [-0.3, -0.25) is 4.79 Å². The molecule has 0 radical (unpaired) electrons. The number of benzene rings is 3. The highest BCUT2D eigenvalue weighted by Gasteiger charge is 2.36. The molecule has 53 heavy (non-hydrogen) atoms. The van der Waals surface area contributed by atoms with E-state index in [0.717, 1.165) is 24.5 Å². The highest BCUT2D eigenvalue weighted by atomic mass is 35.5. The zero-order chi connectivity index (χ0) is 36.6. The summed E-state index contributed by atoms with van der Waals surface area (Å²) in [5.74, 6) is 0.933. The normalized spacial score (nSPS) is 16.6. The van der Waals surface area contributed by atoms with Gasteiger partial charge in [-0.25, -0.2) is 4.99 Å². The molecule has 2 fully saturated rings. The topological polar surface area (TPSA) is 56.7 Å². The molecule has 0 saturated heterocycles. The molecule has 0 aromatic heterocycles. The van der Waals surface area contributed by atoms with Crippen LogP contribution in [0.1, 0.15) is 135 Å². The number of carbonyl (C=O) groups is 1. The van der Waals surface area contributed by atoms with E-state index in [1.165, 1.54) is 136 Å². The molecule has 0 spiro atoms. The Hall–Kier alpha value is -2.62. The first-order valence-corrected chi connectivity index (χ1v) is 23.7. The van der Waals surface area contributed by atoms with Gasteiger partial charge in [0.1, 0.15) is 6.04 Å². The number of guanidine groups is 1. The monoisotopic (exact) mass is 760 g/mol. The van der Waals surface area contributed by atoms with Crippen molar-refractivity contribution < 1.29 is 17.2 Å². The molecule has 2 saturated carbocycles. The van der Waals surface area contributed by atoms with Crippen LogP contribution in [0.5, 0.6) is 0 Å². The minimum Gasteiger partial charge on any atom is -1.00 e. The third-order valence-electron chi connectivity index (χ3n) is 11.9. The van der Waals surface area contributed by atoms with Crippen LogP contribution in [-0.4, -0.2) is 60.4 Å². The maximum atomic E-state index is 14.5. The van der Waals surface area contributed by atoms with E-state index in [2.05, 4.69) is 110 Å². The van der Waals surface area contributed by atoms with Gasteiger partial charge in [-0.1, -0.05) is 133 Å². The van der Waals surface area contributed by atoms with Crippen molar-refractivity contribution in [2.24, 2.45) is 4.99 Å². The zero-order valence-electron chi connectivity index (χ0n) is 33.6. The number of carbonyl (C=O) groups excluding carboxylic acids is 1. The average Bonchev–Trinajstić information content (AvgIpc) is 3.18. The molecule has 1 unspecified atom stereocenters. The van der Waals surface area contributed by atoms with E-state index in [9.17, 15) is 4.79 Å². The van der Waals surface area contributed by atoms with Gasteiger partial charge < -0.3 is 27.9 Å². The number of halogens is 1. The number of hydrogen-bond donors (Lipinski definition) is 2. The lowest BCUT2D eigenvalue weighted by Crippen LogP contribution is -3.00. The fourth-order valence-electron chi connectivity index (χ4n) is 8.54. The molecule has 2 N–H and O–H groups in total. The molecule has 0 aliphatic heterocycles. The second kappa shape index (κ2) is 22.7. The number of nitrogens with zero attached hydrogens (tertiary/aromatic N) is 2. The minimum absolute atomic E-state index is 0. The first kappa shape index (κ1) is 43.1. The van der Waals surface area contributed by atoms with E-state index in [-0.39, 0.29) is 18.3 Å². The molecule has 5 rings (SSSR count). The van der Waals surface area contributed by atoms with Crippen LogP contribution >= 0.6 is 7.26 Å². The largest absolute Gasteiger partial charge is 1.00 e. The summed E-state index contributed by atoms with van der Waals surface area (Å²) in [5.41, 5.74) is 3.50. The van der Waals surface area contributed by atoms with Gasteiger partial charge in [0.15, 0.2) is 5.96 Å². The van der Waals surface area contributed by atoms with E-state index in [1.54, 1.807) is 0 Å². The predicted octanol–water partition coefficient (Wildman–Crippen LogP) is 8.85. The van der Waals surface area contributed by atoms with Crippen LogP contribution in [0.2, 0.25) is 0 Å². The Morgan fingerprint density at radius 2 is 1.32 bits per heavy atom. The third-order valence-corrected chi connectivity index (χ3v) is 16.7. The van der Waals surface area contributed by atoms with Crippen LogP contribution in [0, 0.1) is 0 Å². The number of likely N-dealkylation sites (N-methyl/N-ethyl adjacent to an activating group) is 1. The average molecular weight is 762 g/mol. The Balaban J connectivity index is 0.00000627. The summed E-state index contributed by atoms with van der Waals surface area (Å²) in [7, 11) is 1.04. The molecule has 7 heteroatoms. The molecule has 0 bridgehead atoms. The lowest BCUT2D eigenvalue weighted by molar-refractivity contribution is -0.119.